The van der Waals surface area contributed by atoms with Crippen LogP contribution in [-0.4, -0.2) is 33.4 Å². The smallest absolute Gasteiger partial charge is 0.416 e. The summed E-state index contributed by atoms with van der Waals surface area (Å²) in [5.74, 6) is -5.28. The van der Waals surface area contributed by atoms with Crippen LogP contribution in [0, 0.1) is 11.8 Å². The minimum Gasteiger partial charge on any atom is -0.480 e. The van der Waals surface area contributed by atoms with Crippen LogP contribution in [0.5, 0.6) is 0 Å². The van der Waals surface area contributed by atoms with Crippen molar-refractivity contribution in [3.8, 4) is 0 Å². The number of para-hydroxylation sites is 1. The van der Waals surface area contributed by atoms with Gasteiger partial charge in [0, 0.05) is 29.6 Å². The summed E-state index contributed by atoms with van der Waals surface area (Å²) in [6, 6.07) is 10.5. The van der Waals surface area contributed by atoms with E-state index in [2.05, 4.69) is 15.6 Å². The average Bonchev–Trinajstić information content (AvgIpc) is 3.42. The van der Waals surface area contributed by atoms with Gasteiger partial charge in [-0.2, -0.15) is 13.2 Å². The van der Waals surface area contributed by atoms with Crippen molar-refractivity contribution in [2.24, 2.45) is 11.8 Å². The first-order chi connectivity index (χ1) is 15.6. The van der Waals surface area contributed by atoms with E-state index in [1.165, 1.54) is 12.1 Å². The molecule has 2 saturated heterocycles. The summed E-state index contributed by atoms with van der Waals surface area (Å²) in [6.07, 6.45) is -3.13. The number of amides is 2. The van der Waals surface area contributed by atoms with E-state index in [1.54, 1.807) is 18.3 Å². The fraction of sp³-hybridized carbons (Fsp3) is 0.261. The van der Waals surface area contributed by atoms with Gasteiger partial charge in [-0.3, -0.25) is 25.0 Å². The molecule has 1 aromatic heterocycles. The molecule has 3 heterocycles. The summed E-state index contributed by atoms with van der Waals surface area (Å²) in [6.45, 7) is 0. The van der Waals surface area contributed by atoms with Crippen LogP contribution in [-0.2, 0) is 27.0 Å². The van der Waals surface area contributed by atoms with Gasteiger partial charge in [0.1, 0.15) is 5.54 Å². The van der Waals surface area contributed by atoms with Crippen molar-refractivity contribution >= 4 is 28.7 Å². The number of aliphatic carboxylic acids is 1. The van der Waals surface area contributed by atoms with Crippen LogP contribution in [0.25, 0.3) is 10.9 Å². The number of alkyl halides is 3. The van der Waals surface area contributed by atoms with E-state index in [0.29, 0.717) is 5.56 Å². The normalized spacial score (nSPS) is 27.1. The average molecular weight is 457 g/mol. The van der Waals surface area contributed by atoms with Crippen molar-refractivity contribution in [1.29, 1.82) is 0 Å². The molecule has 33 heavy (non-hydrogen) atoms. The molecule has 2 aliphatic rings. The molecule has 7 nitrogen and oxygen atoms in total. The number of benzene rings is 2. The van der Waals surface area contributed by atoms with Crippen LogP contribution in [0.1, 0.15) is 22.7 Å². The Morgan fingerprint density at radius 2 is 1.82 bits per heavy atom. The summed E-state index contributed by atoms with van der Waals surface area (Å²) in [4.78, 5) is 41.1. The summed E-state index contributed by atoms with van der Waals surface area (Å²) in [7, 11) is 0. The van der Waals surface area contributed by atoms with Gasteiger partial charge in [0.15, 0.2) is 0 Å². The summed E-state index contributed by atoms with van der Waals surface area (Å²) in [5, 5.41) is 16.1. The van der Waals surface area contributed by atoms with Crippen LogP contribution in [0.3, 0.4) is 0 Å². The lowest BCUT2D eigenvalue weighted by atomic mass is 9.76. The number of H-pyrrole nitrogens is 1. The van der Waals surface area contributed by atoms with E-state index in [9.17, 15) is 32.7 Å². The molecule has 0 aliphatic carbocycles. The highest BCUT2D eigenvalue weighted by molar-refractivity contribution is 6.09. The third-order valence-corrected chi connectivity index (χ3v) is 6.59. The molecule has 4 atom stereocenters. The maximum atomic E-state index is 13.3. The lowest BCUT2D eigenvalue weighted by Crippen LogP contribution is -2.57. The van der Waals surface area contributed by atoms with Crippen molar-refractivity contribution in [3.63, 3.8) is 0 Å². The zero-order valence-corrected chi connectivity index (χ0v) is 16.9. The van der Waals surface area contributed by atoms with Crippen LogP contribution in [0.15, 0.2) is 54.7 Å². The topological polar surface area (TPSA) is 111 Å². The number of rotatable bonds is 4. The molecule has 2 amide bonds. The van der Waals surface area contributed by atoms with Gasteiger partial charge < -0.3 is 10.1 Å². The Bertz CT molecular complexity index is 1300. The van der Waals surface area contributed by atoms with Gasteiger partial charge in [-0.1, -0.05) is 30.3 Å². The molecule has 4 unspecified atom stereocenters. The van der Waals surface area contributed by atoms with E-state index in [1.807, 2.05) is 12.1 Å². The first-order valence-corrected chi connectivity index (χ1v) is 10.2. The van der Waals surface area contributed by atoms with E-state index in [0.717, 1.165) is 23.0 Å². The maximum Gasteiger partial charge on any atom is 0.416 e. The Morgan fingerprint density at radius 3 is 2.55 bits per heavy atom. The SMILES string of the molecule is O=C1NC(=O)C2C1C(c1cccc(C(F)(F)F)c1)NC2(Cc1c[nH]c2ccccc12)C(=O)O. The fourth-order valence-corrected chi connectivity index (χ4v) is 5.14. The number of nitrogens with one attached hydrogen (secondary N) is 3. The second-order valence-electron chi connectivity index (χ2n) is 8.41. The van der Waals surface area contributed by atoms with Crippen LogP contribution < -0.4 is 10.6 Å². The Morgan fingerprint density at radius 1 is 1.06 bits per heavy atom. The first-order valence-electron chi connectivity index (χ1n) is 10.2. The number of hydrogen-bond donors (Lipinski definition) is 4. The van der Waals surface area contributed by atoms with Crippen molar-refractivity contribution in [1.82, 2.24) is 15.6 Å². The van der Waals surface area contributed by atoms with Gasteiger partial charge in [-0.05, 0) is 29.3 Å². The quantitative estimate of drug-likeness (QED) is 0.451. The number of carboxylic acid groups (broad SMARTS) is 1. The lowest BCUT2D eigenvalue weighted by Gasteiger charge is -2.30. The number of carbonyl (C=O) groups is 3. The molecule has 2 fully saturated rings. The molecule has 4 N–H and O–H groups in total. The molecule has 0 saturated carbocycles. The van der Waals surface area contributed by atoms with E-state index >= 15 is 0 Å². The van der Waals surface area contributed by atoms with Crippen LogP contribution in [0.4, 0.5) is 13.2 Å². The number of carboxylic acids is 1. The van der Waals surface area contributed by atoms with Crippen LogP contribution >= 0.6 is 0 Å². The summed E-state index contributed by atoms with van der Waals surface area (Å²) < 4.78 is 39.9. The molecular weight excluding hydrogens is 439 g/mol. The third kappa shape index (κ3) is 3.20. The Kier molecular flexibility index (Phi) is 4.61. The number of imide groups is 1. The number of hydrogen-bond acceptors (Lipinski definition) is 4. The van der Waals surface area contributed by atoms with Gasteiger partial charge in [-0.15, -0.1) is 0 Å². The standard InChI is InChI=1S/C23H18F3N3O4/c24-23(25,26)13-5-3-4-11(8-13)18-16-17(20(31)28-19(16)30)22(29-18,21(32)33)9-12-10-27-15-7-2-1-6-14(12)15/h1-8,10,16-18,27,29H,9H2,(H,32,33)(H,28,30,31). The molecule has 10 heteroatoms. The second-order valence-corrected chi connectivity index (χ2v) is 8.41. The number of carbonyl (C=O) groups excluding carboxylic acids is 2. The number of fused-ring (bicyclic) bond motifs is 2. The Hall–Kier alpha value is -3.66. The molecule has 2 aromatic carbocycles. The Labute approximate surface area is 185 Å². The summed E-state index contributed by atoms with van der Waals surface area (Å²) >= 11 is 0. The predicted molar refractivity (Wildman–Crippen MR) is 110 cm³/mol. The number of aromatic nitrogens is 1. The lowest BCUT2D eigenvalue weighted by molar-refractivity contribution is -0.149. The Balaban J connectivity index is 1.63. The minimum absolute atomic E-state index is 0.0896. The molecule has 0 spiro atoms. The molecule has 2 aliphatic heterocycles. The molecule has 3 aromatic rings. The van der Waals surface area contributed by atoms with Gasteiger partial charge in [0.25, 0.3) is 0 Å². The predicted octanol–water partition coefficient (Wildman–Crippen LogP) is 2.79. The highest BCUT2D eigenvalue weighted by atomic mass is 19.4. The first kappa shape index (κ1) is 21.2. The van der Waals surface area contributed by atoms with E-state index < -0.39 is 52.9 Å². The van der Waals surface area contributed by atoms with Crippen molar-refractivity contribution < 1.29 is 32.7 Å². The van der Waals surface area contributed by atoms with E-state index in [-0.39, 0.29) is 12.0 Å². The highest BCUT2D eigenvalue weighted by Crippen LogP contribution is 2.48. The van der Waals surface area contributed by atoms with Gasteiger partial charge in [-0.25, -0.2) is 0 Å². The number of aromatic amines is 1. The molecule has 0 bridgehead atoms. The van der Waals surface area contributed by atoms with Crippen molar-refractivity contribution in [3.05, 3.63) is 71.4 Å². The number of halogens is 3. The minimum atomic E-state index is -4.62. The molecular formula is C23H18F3N3O4. The highest BCUT2D eigenvalue weighted by Gasteiger charge is 2.66. The van der Waals surface area contributed by atoms with Gasteiger partial charge in [0.05, 0.1) is 17.4 Å². The fourth-order valence-electron chi connectivity index (χ4n) is 5.14. The van der Waals surface area contributed by atoms with Gasteiger partial charge in [0.2, 0.25) is 11.8 Å². The van der Waals surface area contributed by atoms with Crippen LogP contribution in [0.2, 0.25) is 0 Å². The molecule has 0 radical (unpaired) electrons. The zero-order valence-electron chi connectivity index (χ0n) is 16.9. The maximum absolute atomic E-state index is 13.3. The van der Waals surface area contributed by atoms with Crippen molar-refractivity contribution in [2.45, 2.75) is 24.2 Å². The van der Waals surface area contributed by atoms with E-state index in [4.69, 9.17) is 0 Å². The third-order valence-electron chi connectivity index (χ3n) is 6.59. The zero-order chi connectivity index (χ0) is 23.5. The summed E-state index contributed by atoms with van der Waals surface area (Å²) in [5.41, 5.74) is -1.36. The molecule has 170 valence electrons. The second kappa shape index (κ2) is 7.17. The monoisotopic (exact) mass is 457 g/mol. The van der Waals surface area contributed by atoms with Crippen molar-refractivity contribution in [2.75, 3.05) is 0 Å². The largest absolute Gasteiger partial charge is 0.480 e. The van der Waals surface area contributed by atoms with Gasteiger partial charge >= 0.3 is 12.1 Å². The molecule has 5 rings (SSSR count).